The van der Waals surface area contributed by atoms with E-state index in [1.54, 1.807) is 18.2 Å². The van der Waals surface area contributed by atoms with Crippen LogP contribution < -0.4 is 26.0 Å². The van der Waals surface area contributed by atoms with Crippen molar-refractivity contribution < 1.29 is 37.1 Å². The van der Waals surface area contributed by atoms with Gasteiger partial charge in [0, 0.05) is 25.8 Å². The number of fused-ring (bicyclic) bond motifs is 1. The quantitative estimate of drug-likeness (QED) is 0.369. The Balaban J connectivity index is 1.72. The number of carbonyl (C=O) groups excluding carboxylic acids is 4. The number of halogens is 3. The lowest BCUT2D eigenvalue weighted by molar-refractivity contribution is -0.141. The molecule has 1 aliphatic heterocycles. The van der Waals surface area contributed by atoms with E-state index in [0.29, 0.717) is 19.4 Å². The fourth-order valence-corrected chi connectivity index (χ4v) is 4.17. The maximum Gasteiger partial charge on any atom is 0.435 e. The van der Waals surface area contributed by atoms with Gasteiger partial charge >= 0.3 is 6.18 Å². The average molecular weight is 581 g/mol. The smallest absolute Gasteiger partial charge is 0.435 e. The molecular weight excluding hydrogens is 545 g/mol. The molecule has 1 aliphatic rings. The Morgan fingerprint density at radius 2 is 1.93 bits per heavy atom. The first-order chi connectivity index (χ1) is 19.4. The van der Waals surface area contributed by atoms with Gasteiger partial charge in [0.15, 0.2) is 5.69 Å². The van der Waals surface area contributed by atoms with Crippen molar-refractivity contribution in [3.63, 3.8) is 0 Å². The maximum absolute atomic E-state index is 13.2. The van der Waals surface area contributed by atoms with Crippen LogP contribution in [0.4, 0.5) is 13.2 Å². The number of benzene rings is 1. The fraction of sp³-hybridized carbons (Fsp3) is 0.519. The van der Waals surface area contributed by atoms with Crippen LogP contribution in [-0.4, -0.2) is 65.2 Å². The minimum absolute atomic E-state index is 0.0477. The van der Waals surface area contributed by atoms with Gasteiger partial charge in [-0.1, -0.05) is 26.0 Å². The lowest BCUT2D eigenvalue weighted by atomic mass is 10.0. The molecule has 2 atom stereocenters. The third-order valence-corrected chi connectivity index (χ3v) is 6.17. The van der Waals surface area contributed by atoms with Crippen molar-refractivity contribution in [3.05, 3.63) is 47.8 Å². The Labute approximate surface area is 235 Å². The number of rotatable bonds is 7. The minimum Gasteiger partial charge on any atom is -0.493 e. The lowest BCUT2D eigenvalue weighted by Crippen LogP contribution is -2.52. The van der Waals surface area contributed by atoms with Crippen LogP contribution in [0.3, 0.4) is 0 Å². The molecule has 41 heavy (non-hydrogen) atoms. The van der Waals surface area contributed by atoms with E-state index in [9.17, 15) is 32.3 Å². The van der Waals surface area contributed by atoms with Gasteiger partial charge in [0.2, 0.25) is 17.7 Å². The third-order valence-electron chi connectivity index (χ3n) is 6.17. The number of nitrogens with one attached hydrogen (secondary N) is 4. The maximum atomic E-state index is 13.2. The van der Waals surface area contributed by atoms with Crippen LogP contribution in [-0.2, 0) is 27.1 Å². The van der Waals surface area contributed by atoms with Gasteiger partial charge in [-0.05, 0) is 43.4 Å². The van der Waals surface area contributed by atoms with Gasteiger partial charge in [0.05, 0.1) is 18.6 Å². The van der Waals surface area contributed by atoms with E-state index in [2.05, 4.69) is 26.4 Å². The normalized spacial score (nSPS) is 19.1. The van der Waals surface area contributed by atoms with Gasteiger partial charge in [-0.3, -0.25) is 23.9 Å². The number of carbonyl (C=O) groups is 4. The number of amides is 4. The fourth-order valence-electron chi connectivity index (χ4n) is 4.17. The summed E-state index contributed by atoms with van der Waals surface area (Å²) in [6, 6.07) is 5.17. The van der Waals surface area contributed by atoms with Crippen molar-refractivity contribution in [1.29, 1.82) is 0 Å². The first-order valence-electron chi connectivity index (χ1n) is 13.4. The predicted octanol–water partition coefficient (Wildman–Crippen LogP) is 2.03. The second-order valence-electron chi connectivity index (χ2n) is 10.1. The predicted molar refractivity (Wildman–Crippen MR) is 142 cm³/mol. The topological polar surface area (TPSA) is 143 Å². The Morgan fingerprint density at radius 1 is 1.17 bits per heavy atom. The molecule has 0 aliphatic carbocycles. The SMILES string of the molecule is CC(C)C[C@@H]1NC(=O)C[C@@H](C(=O)NCCCn2ccc(C(F)(F)F)n2)NC(=O)c2ccccc2OCCCNC1=O. The van der Waals surface area contributed by atoms with E-state index < -0.39 is 48.1 Å². The highest BCUT2D eigenvalue weighted by Gasteiger charge is 2.33. The number of aromatic nitrogens is 2. The van der Waals surface area contributed by atoms with Gasteiger partial charge in [0.1, 0.15) is 17.8 Å². The zero-order valence-corrected chi connectivity index (χ0v) is 22.9. The Bertz CT molecular complexity index is 1220. The van der Waals surface area contributed by atoms with E-state index in [1.165, 1.54) is 12.3 Å². The number of hydrogen-bond acceptors (Lipinski definition) is 6. The van der Waals surface area contributed by atoms with Crippen molar-refractivity contribution >= 4 is 23.6 Å². The summed E-state index contributed by atoms with van der Waals surface area (Å²) in [5.74, 6) is -1.90. The minimum atomic E-state index is -4.55. The van der Waals surface area contributed by atoms with Crippen LogP contribution in [0.1, 0.15) is 55.6 Å². The second-order valence-corrected chi connectivity index (χ2v) is 10.1. The molecule has 0 saturated heterocycles. The van der Waals surface area contributed by atoms with Crippen LogP contribution in [0, 0.1) is 5.92 Å². The first kappa shape index (κ1) is 31.4. The number of para-hydroxylation sites is 1. The molecular formula is C27H35F3N6O5. The first-order valence-corrected chi connectivity index (χ1v) is 13.4. The van der Waals surface area contributed by atoms with E-state index in [1.807, 2.05) is 13.8 Å². The van der Waals surface area contributed by atoms with Crippen LogP contribution in [0.15, 0.2) is 36.5 Å². The summed E-state index contributed by atoms with van der Waals surface area (Å²) in [6.45, 7) is 4.49. The largest absolute Gasteiger partial charge is 0.493 e. The van der Waals surface area contributed by atoms with Gasteiger partial charge in [-0.2, -0.15) is 18.3 Å². The molecule has 1 aromatic carbocycles. The number of nitrogens with zero attached hydrogens (tertiary/aromatic N) is 2. The number of ether oxygens (including phenoxy) is 1. The van der Waals surface area contributed by atoms with E-state index in [4.69, 9.17) is 4.74 Å². The molecule has 0 saturated carbocycles. The Morgan fingerprint density at radius 3 is 2.63 bits per heavy atom. The Kier molecular flexibility index (Phi) is 11.1. The Hall–Kier alpha value is -4.10. The summed E-state index contributed by atoms with van der Waals surface area (Å²) in [7, 11) is 0. The molecule has 0 fully saturated rings. The molecule has 224 valence electrons. The summed E-state index contributed by atoms with van der Waals surface area (Å²) < 4.78 is 45.1. The number of alkyl halides is 3. The molecule has 4 N–H and O–H groups in total. The van der Waals surface area contributed by atoms with E-state index in [0.717, 1.165) is 10.7 Å². The van der Waals surface area contributed by atoms with Crippen molar-refractivity contribution in [2.45, 2.75) is 64.3 Å². The van der Waals surface area contributed by atoms with Gasteiger partial charge < -0.3 is 26.0 Å². The summed E-state index contributed by atoms with van der Waals surface area (Å²) in [6.07, 6.45) is -2.74. The number of aryl methyl sites for hydroxylation is 1. The molecule has 2 aromatic rings. The molecule has 0 spiro atoms. The number of hydrogen-bond donors (Lipinski definition) is 4. The molecule has 11 nitrogen and oxygen atoms in total. The molecule has 3 rings (SSSR count). The molecule has 14 heteroatoms. The van der Waals surface area contributed by atoms with E-state index in [-0.39, 0.29) is 49.3 Å². The summed E-state index contributed by atoms with van der Waals surface area (Å²) >= 11 is 0. The van der Waals surface area contributed by atoms with Gasteiger partial charge in [-0.15, -0.1) is 0 Å². The zero-order valence-electron chi connectivity index (χ0n) is 22.9. The van der Waals surface area contributed by atoms with Crippen LogP contribution in [0.2, 0.25) is 0 Å². The molecule has 2 heterocycles. The average Bonchev–Trinajstić information content (AvgIpc) is 3.39. The second kappa shape index (κ2) is 14.5. The molecule has 1 aromatic heterocycles. The van der Waals surface area contributed by atoms with Crippen molar-refractivity contribution in [2.75, 3.05) is 19.7 Å². The van der Waals surface area contributed by atoms with Crippen molar-refractivity contribution in [3.8, 4) is 5.75 Å². The summed E-state index contributed by atoms with van der Waals surface area (Å²) in [5.41, 5.74) is -0.846. The third kappa shape index (κ3) is 9.80. The monoisotopic (exact) mass is 580 g/mol. The summed E-state index contributed by atoms with van der Waals surface area (Å²) in [4.78, 5) is 52.0. The van der Waals surface area contributed by atoms with Crippen molar-refractivity contribution in [2.24, 2.45) is 5.92 Å². The van der Waals surface area contributed by atoms with Crippen molar-refractivity contribution in [1.82, 2.24) is 31.0 Å². The van der Waals surface area contributed by atoms with Gasteiger partial charge in [0.25, 0.3) is 5.91 Å². The highest BCUT2D eigenvalue weighted by Crippen LogP contribution is 2.27. The standard InChI is InChI=1S/C27H35F3N6O5/c1-17(2)15-19-25(39)32-11-6-14-41-21-8-4-3-7-18(21)24(38)34-20(16-23(37)33-19)26(40)31-10-5-12-36-13-9-22(35-36)27(28,29)30/h3-4,7-9,13,17,19-20H,5-6,10-12,14-16H2,1-2H3,(H,31,40)(H,32,39)(H,33,37)(H,34,38)/t19-,20-/m0/s1. The molecule has 4 amide bonds. The van der Waals surface area contributed by atoms with Gasteiger partial charge in [-0.25, -0.2) is 0 Å². The highest BCUT2D eigenvalue weighted by atomic mass is 19.4. The van der Waals surface area contributed by atoms with Crippen LogP contribution in [0.25, 0.3) is 0 Å². The van der Waals surface area contributed by atoms with Crippen LogP contribution >= 0.6 is 0 Å². The zero-order chi connectivity index (χ0) is 30.0. The summed E-state index contributed by atoms with van der Waals surface area (Å²) in [5, 5.41) is 14.1. The van der Waals surface area contributed by atoms with Crippen LogP contribution in [0.5, 0.6) is 5.75 Å². The molecule has 0 bridgehead atoms. The van der Waals surface area contributed by atoms with E-state index >= 15 is 0 Å². The molecule has 0 unspecified atom stereocenters. The lowest BCUT2D eigenvalue weighted by Gasteiger charge is -2.22. The molecule has 0 radical (unpaired) electrons. The highest BCUT2D eigenvalue weighted by molar-refractivity contribution is 6.01.